The molecule has 0 saturated heterocycles. The Bertz CT molecular complexity index is 616. The lowest BCUT2D eigenvalue weighted by atomic mass is 10.2. The number of halogens is 1. The number of anilines is 3. The third-order valence-corrected chi connectivity index (χ3v) is 3.50. The minimum absolute atomic E-state index is 0.0560. The summed E-state index contributed by atoms with van der Waals surface area (Å²) in [4.78, 5) is 14.0. The average Bonchev–Trinajstić information content (AvgIpc) is 2.49. The third-order valence-electron chi connectivity index (χ3n) is 3.15. The molecule has 0 radical (unpaired) electrons. The Balaban J connectivity index is 1.86. The van der Waals surface area contributed by atoms with Gasteiger partial charge in [0.25, 0.3) is 0 Å². The van der Waals surface area contributed by atoms with Crippen LogP contribution in [0.3, 0.4) is 0 Å². The second kappa shape index (κ2) is 6.99. The van der Waals surface area contributed by atoms with Gasteiger partial charge in [-0.2, -0.15) is 0 Å². The molecule has 0 aliphatic heterocycles. The van der Waals surface area contributed by atoms with Crippen molar-refractivity contribution >= 4 is 34.6 Å². The van der Waals surface area contributed by atoms with Crippen LogP contribution in [0, 0.1) is 0 Å². The number of para-hydroxylation sites is 1. The molecule has 0 saturated carbocycles. The fourth-order valence-electron chi connectivity index (χ4n) is 1.93. The van der Waals surface area contributed by atoms with Gasteiger partial charge in [-0.3, -0.25) is 4.79 Å². The van der Waals surface area contributed by atoms with Crippen LogP contribution in [0.4, 0.5) is 17.1 Å². The molecule has 2 aromatic rings. The molecule has 110 valence electrons. The smallest absolute Gasteiger partial charge is 0.226 e. The third kappa shape index (κ3) is 4.39. The first-order valence-corrected chi connectivity index (χ1v) is 7.05. The number of nitrogens with zero attached hydrogens (tertiary/aromatic N) is 1. The Labute approximate surface area is 129 Å². The quantitative estimate of drug-likeness (QED) is 0.832. The number of nitrogens with one attached hydrogen (secondary N) is 1. The van der Waals surface area contributed by atoms with Crippen molar-refractivity contribution in [3.8, 4) is 0 Å². The number of benzene rings is 2. The van der Waals surface area contributed by atoms with E-state index in [2.05, 4.69) is 5.32 Å². The molecule has 0 heterocycles. The number of carbonyl (C=O) groups excluding carboxylic acids is 1. The average molecular weight is 304 g/mol. The Morgan fingerprint density at radius 2 is 1.95 bits per heavy atom. The van der Waals surface area contributed by atoms with E-state index in [9.17, 15) is 4.79 Å². The second-order valence-corrected chi connectivity index (χ2v) is 5.20. The molecule has 2 aromatic carbocycles. The summed E-state index contributed by atoms with van der Waals surface area (Å²) in [6.45, 7) is 0.638. The van der Waals surface area contributed by atoms with Crippen LogP contribution in [-0.2, 0) is 4.79 Å². The summed E-state index contributed by atoms with van der Waals surface area (Å²) >= 11 is 5.84. The van der Waals surface area contributed by atoms with Gasteiger partial charge in [0.2, 0.25) is 5.91 Å². The molecule has 0 spiro atoms. The SMILES string of the molecule is CN(CCC(=O)Nc1ccc(Cl)c(N)c1)c1ccccc1. The van der Waals surface area contributed by atoms with Crippen LogP contribution in [0.1, 0.15) is 6.42 Å². The second-order valence-electron chi connectivity index (χ2n) is 4.79. The first-order chi connectivity index (χ1) is 10.1. The lowest BCUT2D eigenvalue weighted by Crippen LogP contribution is -2.23. The van der Waals surface area contributed by atoms with E-state index in [-0.39, 0.29) is 5.91 Å². The van der Waals surface area contributed by atoms with Gasteiger partial charge in [-0.05, 0) is 30.3 Å². The van der Waals surface area contributed by atoms with Gasteiger partial charge in [0, 0.05) is 31.4 Å². The molecule has 0 fully saturated rings. The molecule has 0 unspecified atom stereocenters. The van der Waals surface area contributed by atoms with Gasteiger partial charge in [0.1, 0.15) is 0 Å². The number of carbonyl (C=O) groups is 1. The summed E-state index contributed by atoms with van der Waals surface area (Å²) in [5.74, 6) is -0.0560. The highest BCUT2D eigenvalue weighted by atomic mass is 35.5. The molecule has 0 bridgehead atoms. The number of nitrogen functional groups attached to an aromatic ring is 1. The molecule has 4 nitrogen and oxygen atoms in total. The first-order valence-electron chi connectivity index (χ1n) is 6.67. The zero-order valence-electron chi connectivity index (χ0n) is 11.8. The summed E-state index contributed by atoms with van der Waals surface area (Å²) < 4.78 is 0. The van der Waals surface area contributed by atoms with Gasteiger partial charge < -0.3 is 16.0 Å². The van der Waals surface area contributed by atoms with Crippen molar-refractivity contribution in [1.82, 2.24) is 0 Å². The molecule has 3 N–H and O–H groups in total. The van der Waals surface area contributed by atoms with Crippen LogP contribution in [0.25, 0.3) is 0 Å². The summed E-state index contributed by atoms with van der Waals surface area (Å²) in [5.41, 5.74) is 7.90. The number of amides is 1. The maximum absolute atomic E-state index is 11.9. The Morgan fingerprint density at radius 1 is 1.24 bits per heavy atom. The normalized spacial score (nSPS) is 10.2. The van der Waals surface area contributed by atoms with Crippen LogP contribution >= 0.6 is 11.6 Å². The molecule has 0 atom stereocenters. The fourth-order valence-corrected chi connectivity index (χ4v) is 2.04. The molecule has 0 aromatic heterocycles. The molecular weight excluding hydrogens is 286 g/mol. The summed E-state index contributed by atoms with van der Waals surface area (Å²) in [6, 6.07) is 15.0. The molecule has 21 heavy (non-hydrogen) atoms. The van der Waals surface area contributed by atoms with E-state index in [1.165, 1.54) is 0 Å². The molecular formula is C16H18ClN3O. The zero-order chi connectivity index (χ0) is 15.2. The molecule has 0 aliphatic carbocycles. The summed E-state index contributed by atoms with van der Waals surface area (Å²) in [5, 5.41) is 3.30. The predicted octanol–water partition coefficient (Wildman–Crippen LogP) is 3.39. The van der Waals surface area contributed by atoms with Crippen molar-refractivity contribution in [2.75, 3.05) is 29.5 Å². The van der Waals surface area contributed by atoms with E-state index in [1.54, 1.807) is 18.2 Å². The van der Waals surface area contributed by atoms with E-state index in [0.29, 0.717) is 29.4 Å². The van der Waals surface area contributed by atoms with E-state index >= 15 is 0 Å². The molecule has 1 amide bonds. The van der Waals surface area contributed by atoms with Crippen LogP contribution in [-0.4, -0.2) is 19.5 Å². The first kappa shape index (κ1) is 15.2. The number of hydrogen-bond acceptors (Lipinski definition) is 3. The monoisotopic (exact) mass is 303 g/mol. The highest BCUT2D eigenvalue weighted by Crippen LogP contribution is 2.22. The maximum atomic E-state index is 11.9. The van der Waals surface area contributed by atoms with Crippen LogP contribution in [0.5, 0.6) is 0 Å². The number of nitrogens with two attached hydrogens (primary N) is 1. The highest BCUT2D eigenvalue weighted by molar-refractivity contribution is 6.33. The predicted molar refractivity (Wildman–Crippen MR) is 88.8 cm³/mol. The summed E-state index contributed by atoms with van der Waals surface area (Å²) in [6.07, 6.45) is 0.397. The van der Waals surface area contributed by atoms with Crippen molar-refractivity contribution in [3.05, 3.63) is 53.6 Å². The van der Waals surface area contributed by atoms with Gasteiger partial charge in [-0.25, -0.2) is 0 Å². The van der Waals surface area contributed by atoms with Gasteiger partial charge in [-0.15, -0.1) is 0 Å². The van der Waals surface area contributed by atoms with E-state index in [4.69, 9.17) is 17.3 Å². The Kier molecular flexibility index (Phi) is 5.06. The van der Waals surface area contributed by atoms with Crippen molar-refractivity contribution in [2.45, 2.75) is 6.42 Å². The van der Waals surface area contributed by atoms with Gasteiger partial charge in [-0.1, -0.05) is 29.8 Å². The van der Waals surface area contributed by atoms with Crippen molar-refractivity contribution in [3.63, 3.8) is 0 Å². The van der Waals surface area contributed by atoms with Crippen molar-refractivity contribution in [1.29, 1.82) is 0 Å². The molecule has 2 rings (SSSR count). The minimum atomic E-state index is -0.0560. The largest absolute Gasteiger partial charge is 0.397 e. The van der Waals surface area contributed by atoms with E-state index in [1.807, 2.05) is 42.3 Å². The van der Waals surface area contributed by atoms with Crippen molar-refractivity contribution < 1.29 is 4.79 Å². The Hall–Kier alpha value is -2.20. The van der Waals surface area contributed by atoms with Crippen LogP contribution in [0.2, 0.25) is 5.02 Å². The van der Waals surface area contributed by atoms with E-state index in [0.717, 1.165) is 5.69 Å². The lowest BCUT2D eigenvalue weighted by molar-refractivity contribution is -0.116. The lowest BCUT2D eigenvalue weighted by Gasteiger charge is -2.18. The fraction of sp³-hybridized carbons (Fsp3) is 0.188. The topological polar surface area (TPSA) is 58.4 Å². The molecule has 5 heteroatoms. The van der Waals surface area contributed by atoms with Crippen molar-refractivity contribution in [2.24, 2.45) is 0 Å². The van der Waals surface area contributed by atoms with Crippen LogP contribution in [0.15, 0.2) is 48.5 Å². The number of rotatable bonds is 5. The molecule has 0 aliphatic rings. The standard InChI is InChI=1S/C16H18ClN3O/c1-20(13-5-3-2-4-6-13)10-9-16(21)19-12-7-8-14(17)15(18)11-12/h2-8,11H,9-10,18H2,1H3,(H,19,21). The highest BCUT2D eigenvalue weighted by Gasteiger charge is 2.06. The van der Waals surface area contributed by atoms with Gasteiger partial charge in [0.05, 0.1) is 10.7 Å². The van der Waals surface area contributed by atoms with E-state index < -0.39 is 0 Å². The minimum Gasteiger partial charge on any atom is -0.397 e. The van der Waals surface area contributed by atoms with Crippen LogP contribution < -0.4 is 16.0 Å². The number of hydrogen-bond donors (Lipinski definition) is 2. The summed E-state index contributed by atoms with van der Waals surface area (Å²) in [7, 11) is 1.96. The van der Waals surface area contributed by atoms with Gasteiger partial charge in [0.15, 0.2) is 0 Å². The maximum Gasteiger partial charge on any atom is 0.226 e. The van der Waals surface area contributed by atoms with Gasteiger partial charge >= 0.3 is 0 Å². The Morgan fingerprint density at radius 3 is 2.62 bits per heavy atom. The zero-order valence-corrected chi connectivity index (χ0v) is 12.6.